The van der Waals surface area contributed by atoms with Crippen LogP contribution in [0, 0.1) is 13.8 Å². The number of aryl methyl sites for hydroxylation is 2. The second-order valence-electron chi connectivity index (χ2n) is 3.74. The number of nitrogens with two attached hydrogens (primary N) is 1. The number of para-hydroxylation sites is 1. The number of anilines is 1. The van der Waals surface area contributed by atoms with Crippen LogP contribution in [0.1, 0.15) is 11.1 Å². The van der Waals surface area contributed by atoms with Crippen molar-refractivity contribution < 1.29 is 0 Å². The highest BCUT2D eigenvalue weighted by atomic mass is 15.4. The number of hydrazone groups is 1. The molecule has 0 radical (unpaired) electrons. The van der Waals surface area contributed by atoms with E-state index in [-0.39, 0.29) is 0 Å². The predicted molar refractivity (Wildman–Crippen MR) is 64.8 cm³/mol. The number of hydrogen-bond acceptors (Lipinski definition) is 2. The molecule has 0 saturated heterocycles. The molecule has 4 heteroatoms. The van der Waals surface area contributed by atoms with Gasteiger partial charge in [-0.25, -0.2) is 0 Å². The van der Waals surface area contributed by atoms with Gasteiger partial charge in [-0.15, -0.1) is 5.10 Å². The first-order valence-electron chi connectivity index (χ1n) is 4.85. The molecule has 0 aromatic heterocycles. The Labute approximate surface area is 90.8 Å². The van der Waals surface area contributed by atoms with Crippen LogP contribution >= 0.6 is 0 Å². The molecular formula is C11H18N4. The summed E-state index contributed by atoms with van der Waals surface area (Å²) >= 11 is 0. The molecule has 0 heterocycles. The molecule has 0 unspecified atom stereocenters. The average molecular weight is 206 g/mol. The van der Waals surface area contributed by atoms with Crippen LogP contribution in [-0.4, -0.2) is 25.0 Å². The molecule has 0 atom stereocenters. The van der Waals surface area contributed by atoms with E-state index in [2.05, 4.69) is 10.5 Å². The molecule has 1 aromatic carbocycles. The monoisotopic (exact) mass is 206 g/mol. The first-order valence-corrected chi connectivity index (χ1v) is 4.85. The number of hydrogen-bond donors (Lipinski definition) is 2. The lowest BCUT2D eigenvalue weighted by Crippen LogP contribution is -2.31. The minimum Gasteiger partial charge on any atom is -0.368 e. The maximum absolute atomic E-state index is 5.68. The van der Waals surface area contributed by atoms with Gasteiger partial charge < -0.3 is 10.6 Å². The van der Waals surface area contributed by atoms with Gasteiger partial charge in [-0.2, -0.15) is 0 Å². The molecule has 0 bridgehead atoms. The van der Waals surface area contributed by atoms with Gasteiger partial charge in [0.1, 0.15) is 0 Å². The Morgan fingerprint density at radius 3 is 2.27 bits per heavy atom. The minimum absolute atomic E-state index is 0.456. The van der Waals surface area contributed by atoms with Crippen molar-refractivity contribution in [3.05, 3.63) is 29.3 Å². The molecule has 82 valence electrons. The quantitative estimate of drug-likeness (QED) is 0.438. The van der Waals surface area contributed by atoms with Crippen molar-refractivity contribution >= 4 is 11.6 Å². The normalized spacial score (nSPS) is 11.3. The Morgan fingerprint density at radius 2 is 1.80 bits per heavy atom. The Balaban J connectivity index is 2.86. The van der Waals surface area contributed by atoms with Crippen LogP contribution in [0.2, 0.25) is 0 Å². The van der Waals surface area contributed by atoms with Crippen molar-refractivity contribution in [2.24, 2.45) is 10.8 Å². The molecule has 1 rings (SSSR count). The van der Waals surface area contributed by atoms with E-state index < -0.39 is 0 Å². The fourth-order valence-electron chi connectivity index (χ4n) is 1.20. The smallest absolute Gasteiger partial charge is 0.213 e. The van der Waals surface area contributed by atoms with E-state index in [4.69, 9.17) is 5.73 Å². The highest BCUT2D eigenvalue weighted by molar-refractivity contribution is 5.78. The lowest BCUT2D eigenvalue weighted by molar-refractivity contribution is 0.613. The lowest BCUT2D eigenvalue weighted by atomic mass is 10.1. The van der Waals surface area contributed by atoms with Gasteiger partial charge in [0.15, 0.2) is 0 Å². The van der Waals surface area contributed by atoms with Gasteiger partial charge in [-0.05, 0) is 25.0 Å². The van der Waals surface area contributed by atoms with E-state index in [0.717, 1.165) is 16.8 Å². The molecule has 0 aliphatic carbocycles. The van der Waals surface area contributed by atoms with Crippen LogP contribution < -0.4 is 11.2 Å². The van der Waals surface area contributed by atoms with Crippen molar-refractivity contribution in [3.63, 3.8) is 0 Å². The van der Waals surface area contributed by atoms with E-state index in [9.17, 15) is 0 Å². The Kier molecular flexibility index (Phi) is 3.55. The molecule has 0 aliphatic rings. The molecule has 4 nitrogen and oxygen atoms in total. The summed E-state index contributed by atoms with van der Waals surface area (Å²) in [5.74, 6) is 0.456. The summed E-state index contributed by atoms with van der Waals surface area (Å²) in [5.41, 5.74) is 12.0. The first kappa shape index (κ1) is 11.4. The largest absolute Gasteiger partial charge is 0.368 e. The summed E-state index contributed by atoms with van der Waals surface area (Å²) in [4.78, 5) is 1.75. The zero-order chi connectivity index (χ0) is 11.4. The summed E-state index contributed by atoms with van der Waals surface area (Å²) in [5, 5.41) is 4.09. The third-order valence-electron chi connectivity index (χ3n) is 2.22. The highest BCUT2D eigenvalue weighted by Crippen LogP contribution is 2.18. The second-order valence-corrected chi connectivity index (χ2v) is 3.74. The van der Waals surface area contributed by atoms with E-state index >= 15 is 0 Å². The van der Waals surface area contributed by atoms with Gasteiger partial charge in [0.2, 0.25) is 5.96 Å². The van der Waals surface area contributed by atoms with Gasteiger partial charge >= 0.3 is 0 Å². The number of nitrogens with one attached hydrogen (secondary N) is 1. The molecule has 0 amide bonds. The van der Waals surface area contributed by atoms with Crippen molar-refractivity contribution in [3.8, 4) is 0 Å². The van der Waals surface area contributed by atoms with Gasteiger partial charge in [-0.3, -0.25) is 5.43 Å². The standard InChI is InChI=1S/C11H18N4/c1-8-6-5-7-9(2)10(8)13-14-11(12)15(3)4/h5-7,13H,1-4H3,(H2,12,14). The van der Waals surface area contributed by atoms with Gasteiger partial charge in [0, 0.05) is 14.1 Å². The molecule has 0 fully saturated rings. The van der Waals surface area contributed by atoms with E-state index in [1.807, 2.05) is 46.1 Å². The van der Waals surface area contributed by atoms with E-state index in [1.54, 1.807) is 4.90 Å². The van der Waals surface area contributed by atoms with Crippen molar-refractivity contribution in [1.29, 1.82) is 0 Å². The minimum atomic E-state index is 0.456. The highest BCUT2D eigenvalue weighted by Gasteiger charge is 2.00. The third-order valence-corrected chi connectivity index (χ3v) is 2.22. The Morgan fingerprint density at radius 1 is 1.27 bits per heavy atom. The topological polar surface area (TPSA) is 53.6 Å². The van der Waals surface area contributed by atoms with Crippen molar-refractivity contribution in [1.82, 2.24) is 4.90 Å². The van der Waals surface area contributed by atoms with E-state index in [0.29, 0.717) is 5.96 Å². The number of benzene rings is 1. The fraction of sp³-hybridized carbons (Fsp3) is 0.364. The lowest BCUT2D eigenvalue weighted by Gasteiger charge is -2.13. The molecule has 0 aliphatic heterocycles. The number of rotatable bonds is 2. The summed E-state index contributed by atoms with van der Waals surface area (Å²) in [6.45, 7) is 4.08. The molecule has 1 aromatic rings. The maximum atomic E-state index is 5.68. The molecule has 0 saturated carbocycles. The van der Waals surface area contributed by atoms with Gasteiger partial charge in [0.25, 0.3) is 0 Å². The zero-order valence-corrected chi connectivity index (χ0v) is 9.70. The molecular weight excluding hydrogens is 188 g/mol. The second kappa shape index (κ2) is 4.68. The summed E-state index contributed by atoms with van der Waals surface area (Å²) in [6.07, 6.45) is 0. The van der Waals surface area contributed by atoms with Crippen molar-refractivity contribution in [2.75, 3.05) is 19.5 Å². The Bertz CT molecular complexity index is 349. The van der Waals surface area contributed by atoms with Crippen LogP contribution in [0.5, 0.6) is 0 Å². The van der Waals surface area contributed by atoms with E-state index in [1.165, 1.54) is 0 Å². The van der Waals surface area contributed by atoms with Crippen molar-refractivity contribution in [2.45, 2.75) is 13.8 Å². The first-order chi connectivity index (χ1) is 7.02. The Hall–Kier alpha value is -1.71. The molecule has 3 N–H and O–H groups in total. The summed E-state index contributed by atoms with van der Waals surface area (Å²) in [6, 6.07) is 6.10. The third kappa shape index (κ3) is 2.87. The maximum Gasteiger partial charge on any atom is 0.213 e. The van der Waals surface area contributed by atoms with Gasteiger partial charge in [-0.1, -0.05) is 18.2 Å². The van der Waals surface area contributed by atoms with Crippen LogP contribution in [-0.2, 0) is 0 Å². The number of guanidine groups is 1. The average Bonchev–Trinajstić information content (AvgIpc) is 2.16. The SMILES string of the molecule is Cc1cccc(C)c1N/N=C(\N)N(C)C. The molecule has 15 heavy (non-hydrogen) atoms. The van der Waals surface area contributed by atoms with Gasteiger partial charge in [0.05, 0.1) is 5.69 Å². The summed E-state index contributed by atoms with van der Waals surface area (Å²) in [7, 11) is 3.70. The van der Waals surface area contributed by atoms with Crippen LogP contribution in [0.15, 0.2) is 23.3 Å². The van der Waals surface area contributed by atoms with Crippen LogP contribution in [0.4, 0.5) is 5.69 Å². The van der Waals surface area contributed by atoms with Crippen LogP contribution in [0.25, 0.3) is 0 Å². The summed E-state index contributed by atoms with van der Waals surface area (Å²) < 4.78 is 0. The molecule has 0 spiro atoms. The number of nitrogens with zero attached hydrogens (tertiary/aromatic N) is 2. The fourth-order valence-corrected chi connectivity index (χ4v) is 1.20. The predicted octanol–water partition coefficient (Wildman–Crippen LogP) is 1.51. The van der Waals surface area contributed by atoms with Crippen LogP contribution in [0.3, 0.4) is 0 Å². The zero-order valence-electron chi connectivity index (χ0n) is 9.70.